The predicted molar refractivity (Wildman–Crippen MR) is 320 cm³/mol. The fourth-order valence-corrected chi connectivity index (χ4v) is 8.63. The van der Waals surface area contributed by atoms with Gasteiger partial charge < -0.3 is 20.0 Å². The molecular weight excluding hydrogens is 993 g/mol. The van der Waals surface area contributed by atoms with E-state index in [4.69, 9.17) is 0 Å². The number of phenolic OH excluding ortho intramolecular Hbond substituents is 1. The number of aliphatic hydroxyl groups is 1. The smallest absolute Gasteiger partial charge is 0.162 e. The molecule has 0 saturated heterocycles. The number of aromatic nitrogens is 8. The lowest BCUT2D eigenvalue weighted by atomic mass is 9.86. The summed E-state index contributed by atoms with van der Waals surface area (Å²) in [4.78, 5) is 44.9. The molecule has 0 aliphatic rings. The van der Waals surface area contributed by atoms with Gasteiger partial charge in [0, 0.05) is 88.8 Å². The van der Waals surface area contributed by atoms with Crippen molar-refractivity contribution in [3.63, 3.8) is 0 Å². The van der Waals surface area contributed by atoms with Crippen LogP contribution in [0.3, 0.4) is 0 Å². The van der Waals surface area contributed by atoms with E-state index in [0.29, 0.717) is 70.9 Å². The number of pyridine rings is 8. The third kappa shape index (κ3) is 20.8. The maximum absolute atomic E-state index is 12.1. The zero-order valence-corrected chi connectivity index (χ0v) is 47.5. The molecular formula is C66H78N12O2. The molecule has 0 bridgehead atoms. The lowest BCUT2D eigenvalue weighted by Gasteiger charge is -2.32. The third-order valence-electron chi connectivity index (χ3n) is 12.3. The number of hydrogen-bond acceptors (Lipinski definition) is 14. The first-order valence-corrected chi connectivity index (χ1v) is 27.3. The number of rotatable bonds is 22. The van der Waals surface area contributed by atoms with Crippen LogP contribution in [0.2, 0.25) is 0 Å². The van der Waals surface area contributed by atoms with Gasteiger partial charge in [0.2, 0.25) is 0 Å². The van der Waals surface area contributed by atoms with Crippen molar-refractivity contribution in [1.29, 1.82) is 0 Å². The molecule has 14 nitrogen and oxygen atoms in total. The number of anilines is 2. The summed E-state index contributed by atoms with van der Waals surface area (Å²) in [6, 6.07) is 51.4. The molecule has 0 fully saturated rings. The van der Waals surface area contributed by atoms with Crippen LogP contribution in [0.1, 0.15) is 99.6 Å². The Balaban J connectivity index is 0.000000216. The number of benzene rings is 1. The first kappa shape index (κ1) is 59.4. The van der Waals surface area contributed by atoms with Gasteiger partial charge in [0.15, 0.2) is 5.75 Å². The molecule has 14 heteroatoms. The van der Waals surface area contributed by atoms with E-state index in [1.54, 1.807) is 49.6 Å². The second kappa shape index (κ2) is 30.2. The minimum Gasteiger partial charge on any atom is -0.504 e. The highest BCUT2D eigenvalue weighted by Crippen LogP contribution is 2.43. The van der Waals surface area contributed by atoms with Crippen molar-refractivity contribution < 1.29 is 10.2 Å². The molecule has 0 spiro atoms. The molecule has 0 saturated carbocycles. The number of aliphatic hydroxyl groups excluding tert-OH is 1. The van der Waals surface area contributed by atoms with Crippen molar-refractivity contribution in [3.05, 3.63) is 258 Å². The van der Waals surface area contributed by atoms with Crippen LogP contribution in [0.4, 0.5) is 11.4 Å². The zero-order valence-electron chi connectivity index (χ0n) is 47.5. The SMILES string of the molecule is CC(C)(C)C.CC(C)(C)c1cc(N(Cc2ccccn2)Cc2ccccn2)c(O)c(N(Cc2ccccn2)Cc2ccccn2)c1.OC(CN(Cc1ccccn1)Cc1ccccn1)CN(Cc1ccccn1)Cc1ccccn1. The van der Waals surface area contributed by atoms with Crippen molar-refractivity contribution in [1.82, 2.24) is 49.7 Å². The Bertz CT molecular complexity index is 2750. The summed E-state index contributed by atoms with van der Waals surface area (Å²) in [5, 5.41) is 23.2. The Morgan fingerprint density at radius 3 is 0.750 bits per heavy atom. The Labute approximate surface area is 474 Å². The molecule has 414 valence electrons. The average molecular weight is 1070 g/mol. The van der Waals surface area contributed by atoms with Crippen LogP contribution in [0, 0.1) is 5.41 Å². The first-order valence-electron chi connectivity index (χ1n) is 27.3. The highest BCUT2D eigenvalue weighted by molar-refractivity contribution is 5.74. The molecule has 8 heterocycles. The second-order valence-electron chi connectivity index (χ2n) is 22.4. The van der Waals surface area contributed by atoms with Crippen molar-refractivity contribution >= 4 is 11.4 Å². The van der Waals surface area contributed by atoms with Gasteiger partial charge in [0.1, 0.15) is 0 Å². The summed E-state index contributed by atoms with van der Waals surface area (Å²) in [5.74, 6) is 0.205. The van der Waals surface area contributed by atoms with Crippen molar-refractivity contribution in [2.75, 3.05) is 22.9 Å². The van der Waals surface area contributed by atoms with E-state index in [9.17, 15) is 10.2 Å². The molecule has 0 aliphatic carbocycles. The molecule has 0 amide bonds. The lowest BCUT2D eigenvalue weighted by Crippen LogP contribution is -2.40. The van der Waals surface area contributed by atoms with Gasteiger partial charge >= 0.3 is 0 Å². The van der Waals surface area contributed by atoms with Gasteiger partial charge in [0.05, 0.1) is 89.2 Å². The molecule has 9 aromatic rings. The molecule has 0 aliphatic heterocycles. The molecule has 0 atom stereocenters. The minimum absolute atomic E-state index is 0.166. The van der Waals surface area contributed by atoms with Crippen LogP contribution < -0.4 is 9.80 Å². The fourth-order valence-electron chi connectivity index (χ4n) is 8.63. The molecule has 8 aromatic heterocycles. The van der Waals surface area contributed by atoms with E-state index in [1.165, 1.54) is 0 Å². The molecule has 0 radical (unpaired) electrons. The monoisotopic (exact) mass is 1070 g/mol. The van der Waals surface area contributed by atoms with Gasteiger partial charge in [-0.2, -0.15) is 0 Å². The normalized spacial score (nSPS) is 11.4. The maximum atomic E-state index is 12.1. The molecule has 80 heavy (non-hydrogen) atoms. The Morgan fingerprint density at radius 2 is 0.562 bits per heavy atom. The number of nitrogens with zero attached hydrogens (tertiary/aromatic N) is 12. The van der Waals surface area contributed by atoms with Crippen LogP contribution in [-0.2, 0) is 57.8 Å². The molecule has 1 aromatic carbocycles. The number of aromatic hydroxyl groups is 1. The maximum Gasteiger partial charge on any atom is 0.162 e. The fraction of sp³-hybridized carbons (Fsp3) is 0.303. The summed E-state index contributed by atoms with van der Waals surface area (Å²) in [7, 11) is 0. The molecule has 2 N–H and O–H groups in total. The molecule has 9 rings (SSSR count). The summed E-state index contributed by atoms with van der Waals surface area (Å²) in [6.45, 7) is 20.9. The van der Waals surface area contributed by atoms with Crippen molar-refractivity contribution in [2.45, 2.75) is 112 Å². The lowest BCUT2D eigenvalue weighted by molar-refractivity contribution is 0.0615. The van der Waals surface area contributed by atoms with Gasteiger partial charge in [-0.3, -0.25) is 49.7 Å². The quantitative estimate of drug-likeness (QED) is 0.0661. The van der Waals surface area contributed by atoms with Crippen molar-refractivity contribution in [3.8, 4) is 5.75 Å². The Hall–Kier alpha value is -8.30. The summed E-state index contributed by atoms with van der Waals surface area (Å²) >= 11 is 0. The van der Waals surface area contributed by atoms with E-state index < -0.39 is 6.10 Å². The van der Waals surface area contributed by atoms with Crippen LogP contribution >= 0.6 is 0 Å². The van der Waals surface area contributed by atoms with Crippen LogP contribution in [0.15, 0.2) is 207 Å². The topological polar surface area (TPSA) is 157 Å². The van der Waals surface area contributed by atoms with E-state index >= 15 is 0 Å². The number of phenols is 1. The summed E-state index contributed by atoms with van der Waals surface area (Å²) in [6.07, 6.45) is 13.8. The van der Waals surface area contributed by atoms with E-state index in [0.717, 1.165) is 62.5 Å². The minimum atomic E-state index is -0.570. The summed E-state index contributed by atoms with van der Waals surface area (Å²) < 4.78 is 0. The predicted octanol–water partition coefficient (Wildman–Crippen LogP) is 12.1. The summed E-state index contributed by atoms with van der Waals surface area (Å²) in [5.41, 5.74) is 10.4. The van der Waals surface area contributed by atoms with Crippen LogP contribution in [0.25, 0.3) is 0 Å². The van der Waals surface area contributed by atoms with E-state index in [1.807, 2.05) is 146 Å². The van der Waals surface area contributed by atoms with Gasteiger partial charge in [-0.1, -0.05) is 97.0 Å². The van der Waals surface area contributed by atoms with Gasteiger partial charge in [-0.25, -0.2) is 0 Å². The van der Waals surface area contributed by atoms with Gasteiger partial charge in [0.25, 0.3) is 0 Å². The average Bonchev–Trinajstić information content (AvgIpc) is 3.50. The number of hydrogen-bond donors (Lipinski definition) is 2. The first-order chi connectivity index (χ1) is 38.6. The molecule has 0 unspecified atom stereocenters. The Kier molecular flexibility index (Phi) is 22.4. The zero-order chi connectivity index (χ0) is 56.6. The highest BCUT2D eigenvalue weighted by atomic mass is 16.3. The Morgan fingerprint density at radius 1 is 0.350 bits per heavy atom. The van der Waals surface area contributed by atoms with Gasteiger partial charge in [-0.15, -0.1) is 0 Å². The van der Waals surface area contributed by atoms with Crippen LogP contribution in [-0.4, -0.2) is 79.1 Å². The second-order valence-corrected chi connectivity index (χ2v) is 22.4. The standard InChI is InChI=1S/C34H36N6O.C27H30N6O.C5H12/c1-34(2,3)26-20-31(39(22-27-12-4-8-16-35-27)23-28-13-5-9-17-36-28)33(41)32(21-26)40(24-29-14-6-10-18-37-29)25-30-15-7-11-19-38-30;34-27(21-32(17-23-9-1-5-13-28-23)18-24-10-2-6-14-29-24)22-33(19-25-11-3-7-15-30-25)20-26-12-4-8-16-31-26;1-5(2,3)4/h4-21,41H,22-25H2,1-3H3;1-16,27,34H,17-22H2;1-4H3. The van der Waals surface area contributed by atoms with E-state index in [-0.39, 0.29) is 11.2 Å². The third-order valence-corrected chi connectivity index (χ3v) is 12.3. The van der Waals surface area contributed by atoms with Gasteiger partial charge in [-0.05, 0) is 126 Å². The highest BCUT2D eigenvalue weighted by Gasteiger charge is 2.26. The van der Waals surface area contributed by atoms with Crippen LogP contribution in [0.5, 0.6) is 5.75 Å². The largest absolute Gasteiger partial charge is 0.504 e. The van der Waals surface area contributed by atoms with E-state index in [2.05, 4.69) is 120 Å². The van der Waals surface area contributed by atoms with Crippen molar-refractivity contribution in [2.24, 2.45) is 5.41 Å².